The molecule has 5 nitrogen and oxygen atoms in total. The first kappa shape index (κ1) is 16.2. The maximum absolute atomic E-state index is 11.8. The largest absolute Gasteiger partial charge is 0.444 e. The van der Waals surface area contributed by atoms with Crippen LogP contribution in [-0.4, -0.2) is 28.8 Å². The third-order valence-corrected chi connectivity index (χ3v) is 4.20. The van der Waals surface area contributed by atoms with Crippen LogP contribution in [0, 0.1) is 0 Å². The smallest absolute Gasteiger partial charge is 0.407 e. The molecule has 0 spiro atoms. The summed E-state index contributed by atoms with van der Waals surface area (Å²) in [6.45, 7) is 6.45. The van der Waals surface area contributed by atoms with E-state index in [9.17, 15) is 4.79 Å². The van der Waals surface area contributed by atoms with E-state index in [0.717, 1.165) is 37.2 Å². The quantitative estimate of drug-likeness (QED) is 0.897. The fraction of sp³-hybridized carbons (Fsp3) is 0.733. The van der Waals surface area contributed by atoms with Crippen molar-refractivity contribution >= 4 is 17.4 Å². The Hall–Kier alpha value is -1.14. The minimum atomic E-state index is -0.443. The standard InChI is InChI=1S/C15H25N3O2S/c1-15(2,3)20-14(19)18-12-6-4-5-11(9-12)17-10-13-16-7-8-21-13/h7-8,11-12,17H,4-6,9-10H2,1-3H3,(H,18,19). The van der Waals surface area contributed by atoms with Gasteiger partial charge in [0.25, 0.3) is 0 Å². The van der Waals surface area contributed by atoms with Crippen LogP contribution in [0.3, 0.4) is 0 Å². The molecule has 0 bridgehead atoms. The molecule has 21 heavy (non-hydrogen) atoms. The molecule has 1 amide bonds. The lowest BCUT2D eigenvalue weighted by Crippen LogP contribution is -2.45. The molecular weight excluding hydrogens is 286 g/mol. The van der Waals surface area contributed by atoms with Gasteiger partial charge >= 0.3 is 6.09 Å². The monoisotopic (exact) mass is 311 g/mol. The fourth-order valence-electron chi connectivity index (χ4n) is 2.55. The molecule has 0 aromatic carbocycles. The molecule has 2 rings (SSSR count). The normalized spacial score (nSPS) is 22.8. The molecule has 1 aliphatic rings. The van der Waals surface area contributed by atoms with Crippen LogP contribution in [0.5, 0.6) is 0 Å². The number of aromatic nitrogens is 1. The first-order valence-electron chi connectivity index (χ1n) is 7.53. The van der Waals surface area contributed by atoms with Crippen molar-refractivity contribution in [2.24, 2.45) is 0 Å². The molecule has 1 aromatic heterocycles. The molecule has 1 saturated carbocycles. The molecule has 0 aliphatic heterocycles. The summed E-state index contributed by atoms with van der Waals surface area (Å²) in [6, 6.07) is 0.630. The zero-order valence-corrected chi connectivity index (χ0v) is 13.8. The van der Waals surface area contributed by atoms with Crippen LogP contribution in [-0.2, 0) is 11.3 Å². The van der Waals surface area contributed by atoms with Gasteiger partial charge in [-0.1, -0.05) is 0 Å². The van der Waals surface area contributed by atoms with E-state index >= 15 is 0 Å². The average molecular weight is 311 g/mol. The van der Waals surface area contributed by atoms with Crippen molar-refractivity contribution in [1.29, 1.82) is 0 Å². The number of ether oxygens (including phenoxy) is 1. The maximum Gasteiger partial charge on any atom is 0.407 e. The predicted molar refractivity (Wildman–Crippen MR) is 84.4 cm³/mol. The molecule has 6 heteroatoms. The van der Waals surface area contributed by atoms with Crippen LogP contribution in [0.1, 0.15) is 51.5 Å². The van der Waals surface area contributed by atoms with E-state index in [0.29, 0.717) is 6.04 Å². The Bertz CT molecular complexity index is 442. The second kappa shape index (κ2) is 7.22. The molecule has 1 aliphatic carbocycles. The summed E-state index contributed by atoms with van der Waals surface area (Å²) in [5.74, 6) is 0. The van der Waals surface area contributed by atoms with E-state index < -0.39 is 5.60 Å². The fourth-order valence-corrected chi connectivity index (χ4v) is 3.12. The number of carbonyl (C=O) groups excluding carboxylic acids is 1. The number of hydrogen-bond donors (Lipinski definition) is 2. The van der Waals surface area contributed by atoms with Gasteiger partial charge in [0.1, 0.15) is 10.6 Å². The van der Waals surface area contributed by atoms with Crippen LogP contribution in [0.25, 0.3) is 0 Å². The zero-order chi connectivity index (χ0) is 15.3. The van der Waals surface area contributed by atoms with Crippen molar-refractivity contribution in [3.8, 4) is 0 Å². The van der Waals surface area contributed by atoms with Gasteiger partial charge in [-0.15, -0.1) is 11.3 Å². The highest BCUT2D eigenvalue weighted by Gasteiger charge is 2.25. The molecule has 2 N–H and O–H groups in total. The van der Waals surface area contributed by atoms with Crippen LogP contribution < -0.4 is 10.6 Å². The Morgan fingerprint density at radius 3 is 2.86 bits per heavy atom. The van der Waals surface area contributed by atoms with Crippen molar-refractivity contribution in [2.45, 2.75) is 70.7 Å². The number of rotatable bonds is 4. The lowest BCUT2D eigenvalue weighted by Gasteiger charge is -2.31. The Balaban J connectivity index is 1.74. The van der Waals surface area contributed by atoms with Crippen molar-refractivity contribution in [1.82, 2.24) is 15.6 Å². The van der Waals surface area contributed by atoms with Crippen LogP contribution in [0.2, 0.25) is 0 Å². The number of thiazole rings is 1. The highest BCUT2D eigenvalue weighted by molar-refractivity contribution is 7.09. The number of amides is 1. The number of nitrogens with zero attached hydrogens (tertiary/aromatic N) is 1. The number of nitrogens with one attached hydrogen (secondary N) is 2. The summed E-state index contributed by atoms with van der Waals surface area (Å²) in [4.78, 5) is 16.1. The Labute approximate surface area is 130 Å². The van der Waals surface area contributed by atoms with E-state index in [4.69, 9.17) is 4.74 Å². The predicted octanol–water partition coefficient (Wildman–Crippen LogP) is 3.07. The minimum Gasteiger partial charge on any atom is -0.444 e. The van der Waals surface area contributed by atoms with Gasteiger partial charge in [-0.2, -0.15) is 0 Å². The van der Waals surface area contributed by atoms with Crippen LogP contribution in [0.4, 0.5) is 4.79 Å². The van der Waals surface area contributed by atoms with Crippen LogP contribution in [0.15, 0.2) is 11.6 Å². The van der Waals surface area contributed by atoms with E-state index in [1.54, 1.807) is 11.3 Å². The van der Waals surface area contributed by atoms with E-state index in [1.807, 2.05) is 32.3 Å². The summed E-state index contributed by atoms with van der Waals surface area (Å²) < 4.78 is 5.32. The summed E-state index contributed by atoms with van der Waals surface area (Å²) >= 11 is 1.67. The Kier molecular flexibility index (Phi) is 5.58. The molecule has 0 radical (unpaired) electrons. The summed E-state index contributed by atoms with van der Waals surface area (Å²) in [5, 5.41) is 9.62. The number of hydrogen-bond acceptors (Lipinski definition) is 5. The molecular formula is C15H25N3O2S. The summed E-state index contributed by atoms with van der Waals surface area (Å²) in [6.07, 6.45) is 5.76. The number of alkyl carbamates (subject to hydrolysis) is 1. The Morgan fingerprint density at radius 2 is 2.19 bits per heavy atom. The molecule has 2 unspecified atom stereocenters. The van der Waals surface area contributed by atoms with E-state index in [-0.39, 0.29) is 12.1 Å². The van der Waals surface area contributed by atoms with Crippen molar-refractivity contribution < 1.29 is 9.53 Å². The highest BCUT2D eigenvalue weighted by atomic mass is 32.1. The lowest BCUT2D eigenvalue weighted by atomic mass is 9.91. The van der Waals surface area contributed by atoms with Crippen molar-refractivity contribution in [3.63, 3.8) is 0 Å². The van der Waals surface area contributed by atoms with Gasteiger partial charge in [-0.25, -0.2) is 9.78 Å². The van der Waals surface area contributed by atoms with Crippen LogP contribution >= 0.6 is 11.3 Å². The van der Waals surface area contributed by atoms with E-state index in [2.05, 4.69) is 15.6 Å². The van der Waals surface area contributed by atoms with Crippen molar-refractivity contribution in [2.75, 3.05) is 0 Å². The molecule has 2 atom stereocenters. The lowest BCUT2D eigenvalue weighted by molar-refractivity contribution is 0.0488. The molecule has 118 valence electrons. The van der Waals surface area contributed by atoms with Gasteiger partial charge in [-0.3, -0.25) is 0 Å². The maximum atomic E-state index is 11.8. The molecule has 0 saturated heterocycles. The second-order valence-electron chi connectivity index (χ2n) is 6.51. The second-order valence-corrected chi connectivity index (χ2v) is 7.49. The van der Waals surface area contributed by atoms with Gasteiger partial charge in [0.05, 0.1) is 0 Å². The minimum absolute atomic E-state index is 0.197. The highest BCUT2D eigenvalue weighted by Crippen LogP contribution is 2.20. The summed E-state index contributed by atoms with van der Waals surface area (Å²) in [7, 11) is 0. The first-order valence-corrected chi connectivity index (χ1v) is 8.41. The third kappa shape index (κ3) is 6.01. The number of carbonyl (C=O) groups is 1. The van der Waals surface area contributed by atoms with Gasteiger partial charge in [-0.05, 0) is 46.5 Å². The average Bonchev–Trinajstić information content (AvgIpc) is 2.87. The van der Waals surface area contributed by atoms with Gasteiger partial charge < -0.3 is 15.4 Å². The Morgan fingerprint density at radius 1 is 1.43 bits per heavy atom. The van der Waals surface area contributed by atoms with E-state index in [1.165, 1.54) is 0 Å². The van der Waals surface area contributed by atoms with Crippen molar-refractivity contribution in [3.05, 3.63) is 16.6 Å². The molecule has 1 heterocycles. The topological polar surface area (TPSA) is 63.2 Å². The molecule has 1 fully saturated rings. The molecule has 1 aromatic rings. The first-order chi connectivity index (χ1) is 9.92. The summed E-state index contributed by atoms with van der Waals surface area (Å²) in [5.41, 5.74) is -0.443. The van der Waals surface area contributed by atoms with Gasteiger partial charge in [0.15, 0.2) is 0 Å². The third-order valence-electron chi connectivity index (χ3n) is 3.42. The van der Waals surface area contributed by atoms with Gasteiger partial charge in [0, 0.05) is 30.2 Å². The zero-order valence-electron chi connectivity index (χ0n) is 13.0. The van der Waals surface area contributed by atoms with Gasteiger partial charge in [0.2, 0.25) is 0 Å². The SMILES string of the molecule is CC(C)(C)OC(=O)NC1CCCC(NCc2nccs2)C1.